The number of nitriles is 1. The topological polar surface area (TPSA) is 85.4 Å². The van der Waals surface area contributed by atoms with Gasteiger partial charge in [-0.15, -0.1) is 0 Å². The zero-order chi connectivity index (χ0) is 22.2. The van der Waals surface area contributed by atoms with Gasteiger partial charge in [-0.1, -0.05) is 18.2 Å². The molecule has 3 aromatic rings. The lowest BCUT2D eigenvalue weighted by molar-refractivity contribution is -0.384. The Balaban J connectivity index is 1.81. The van der Waals surface area contributed by atoms with Crippen molar-refractivity contribution in [1.82, 2.24) is 0 Å². The molecule has 0 radical (unpaired) electrons. The average molecular weight is 418 g/mol. The molecule has 0 N–H and O–H groups in total. The lowest BCUT2D eigenvalue weighted by Gasteiger charge is -2.13. The predicted octanol–water partition coefficient (Wildman–Crippen LogP) is 5.78. The maximum atomic E-state index is 13.5. The Morgan fingerprint density at radius 2 is 1.87 bits per heavy atom. The lowest BCUT2D eigenvalue weighted by Crippen LogP contribution is -2.00. The van der Waals surface area contributed by atoms with Gasteiger partial charge in [0.05, 0.1) is 23.2 Å². The Hall–Kier alpha value is -4.18. The predicted molar refractivity (Wildman–Crippen MR) is 115 cm³/mol. The highest BCUT2D eigenvalue weighted by Gasteiger charge is 2.09. The Morgan fingerprint density at radius 3 is 2.52 bits per heavy atom. The zero-order valence-electron chi connectivity index (χ0n) is 16.7. The smallest absolute Gasteiger partial charge is 0.269 e. The Labute approximate surface area is 178 Å². The van der Waals surface area contributed by atoms with Crippen LogP contribution < -0.4 is 9.47 Å². The number of nitrogens with zero attached hydrogens (tertiary/aromatic N) is 2. The number of nitro benzene ring substituents is 1. The number of allylic oxidation sites excluding steroid dienone is 1. The summed E-state index contributed by atoms with van der Waals surface area (Å²) in [5.74, 6) is 0.583. The molecule has 0 saturated heterocycles. The summed E-state index contributed by atoms with van der Waals surface area (Å²) in [5.41, 5.74) is 2.30. The molecule has 7 heteroatoms. The molecular weight excluding hydrogens is 399 g/mol. The summed E-state index contributed by atoms with van der Waals surface area (Å²) in [6.07, 6.45) is 1.65. The molecule has 0 atom stereocenters. The van der Waals surface area contributed by atoms with E-state index in [9.17, 15) is 19.8 Å². The van der Waals surface area contributed by atoms with Gasteiger partial charge in [-0.25, -0.2) is 4.39 Å². The van der Waals surface area contributed by atoms with Crippen LogP contribution in [-0.2, 0) is 6.61 Å². The minimum atomic E-state index is -0.455. The van der Waals surface area contributed by atoms with Crippen molar-refractivity contribution in [3.05, 3.63) is 99.4 Å². The normalized spacial score (nSPS) is 10.9. The van der Waals surface area contributed by atoms with E-state index in [4.69, 9.17) is 9.47 Å². The number of hydrogen-bond donors (Lipinski definition) is 0. The summed E-state index contributed by atoms with van der Waals surface area (Å²) >= 11 is 0. The van der Waals surface area contributed by atoms with Gasteiger partial charge in [0.2, 0.25) is 0 Å². The highest BCUT2D eigenvalue weighted by Crippen LogP contribution is 2.31. The van der Waals surface area contributed by atoms with Gasteiger partial charge in [-0.2, -0.15) is 5.26 Å². The Kier molecular flexibility index (Phi) is 6.97. The summed E-state index contributed by atoms with van der Waals surface area (Å²) in [5, 5.41) is 20.2. The molecule has 3 rings (SSSR count). The first-order valence-electron chi connectivity index (χ1n) is 9.51. The van der Waals surface area contributed by atoms with Crippen molar-refractivity contribution >= 4 is 17.3 Å². The van der Waals surface area contributed by atoms with Crippen LogP contribution in [-0.4, -0.2) is 11.5 Å². The molecule has 31 heavy (non-hydrogen) atoms. The molecular formula is C24H19FN2O4. The minimum absolute atomic E-state index is 0.0153. The van der Waals surface area contributed by atoms with Crippen molar-refractivity contribution in [2.45, 2.75) is 13.5 Å². The van der Waals surface area contributed by atoms with Crippen LogP contribution in [0.1, 0.15) is 23.6 Å². The molecule has 3 aromatic carbocycles. The van der Waals surface area contributed by atoms with E-state index in [2.05, 4.69) is 6.07 Å². The third-order valence-electron chi connectivity index (χ3n) is 4.38. The first-order valence-corrected chi connectivity index (χ1v) is 9.51. The van der Waals surface area contributed by atoms with Crippen molar-refractivity contribution in [1.29, 1.82) is 5.26 Å². The van der Waals surface area contributed by atoms with Gasteiger partial charge in [-0.3, -0.25) is 10.1 Å². The first-order chi connectivity index (χ1) is 15.0. The van der Waals surface area contributed by atoms with Gasteiger partial charge in [0.1, 0.15) is 12.4 Å². The van der Waals surface area contributed by atoms with Crippen LogP contribution in [0.4, 0.5) is 10.1 Å². The van der Waals surface area contributed by atoms with Crippen LogP contribution in [0.5, 0.6) is 11.5 Å². The molecule has 0 aliphatic carbocycles. The molecule has 0 saturated carbocycles. The van der Waals surface area contributed by atoms with Crippen molar-refractivity contribution in [2.75, 3.05) is 6.61 Å². The molecule has 156 valence electrons. The van der Waals surface area contributed by atoms with E-state index in [0.29, 0.717) is 34.8 Å². The maximum absolute atomic E-state index is 13.5. The molecule has 0 fully saturated rings. The number of non-ortho nitro benzene ring substituents is 1. The van der Waals surface area contributed by atoms with Crippen molar-refractivity contribution in [3.63, 3.8) is 0 Å². The van der Waals surface area contributed by atoms with E-state index in [1.807, 2.05) is 6.92 Å². The fourth-order valence-corrected chi connectivity index (χ4v) is 2.88. The van der Waals surface area contributed by atoms with E-state index in [-0.39, 0.29) is 12.3 Å². The van der Waals surface area contributed by atoms with Crippen molar-refractivity contribution in [3.8, 4) is 17.6 Å². The van der Waals surface area contributed by atoms with Crippen LogP contribution in [0.2, 0.25) is 0 Å². The average Bonchev–Trinajstić information content (AvgIpc) is 2.77. The third kappa shape index (κ3) is 5.67. The number of hydrogen-bond acceptors (Lipinski definition) is 5. The first kappa shape index (κ1) is 21.5. The Morgan fingerprint density at radius 1 is 1.10 bits per heavy atom. The molecule has 0 heterocycles. The van der Waals surface area contributed by atoms with Gasteiger partial charge in [0.15, 0.2) is 11.5 Å². The fourth-order valence-electron chi connectivity index (χ4n) is 2.88. The summed E-state index contributed by atoms with van der Waals surface area (Å²) in [4.78, 5) is 10.3. The molecule has 0 unspecified atom stereocenters. The summed E-state index contributed by atoms with van der Waals surface area (Å²) in [6, 6.07) is 19.3. The third-order valence-corrected chi connectivity index (χ3v) is 4.38. The SMILES string of the molecule is CCOc1cc(/C=C(/C#N)c2cccc(F)c2)ccc1OCc1ccc([N+](=O)[O-])cc1. The minimum Gasteiger partial charge on any atom is -0.490 e. The van der Waals surface area contributed by atoms with Gasteiger partial charge in [0, 0.05) is 12.1 Å². The highest BCUT2D eigenvalue weighted by atomic mass is 19.1. The molecule has 0 amide bonds. The molecule has 0 aliphatic rings. The van der Waals surface area contributed by atoms with Crippen LogP contribution in [0, 0.1) is 27.3 Å². The Bertz CT molecular complexity index is 1150. The highest BCUT2D eigenvalue weighted by molar-refractivity contribution is 5.89. The molecule has 6 nitrogen and oxygen atoms in total. The van der Waals surface area contributed by atoms with Crippen molar-refractivity contribution < 1.29 is 18.8 Å². The van der Waals surface area contributed by atoms with E-state index in [1.165, 1.54) is 24.3 Å². The monoisotopic (exact) mass is 418 g/mol. The number of nitro groups is 1. The lowest BCUT2D eigenvalue weighted by atomic mass is 10.0. The molecule has 0 spiro atoms. The van der Waals surface area contributed by atoms with Crippen LogP contribution >= 0.6 is 0 Å². The maximum Gasteiger partial charge on any atom is 0.269 e. The number of benzene rings is 3. The summed E-state index contributed by atoms with van der Waals surface area (Å²) in [7, 11) is 0. The summed E-state index contributed by atoms with van der Waals surface area (Å²) in [6.45, 7) is 2.46. The summed E-state index contributed by atoms with van der Waals surface area (Å²) < 4.78 is 25.0. The molecule has 0 bridgehead atoms. The number of rotatable bonds is 8. The van der Waals surface area contributed by atoms with Gasteiger partial charge in [-0.05, 0) is 66.1 Å². The van der Waals surface area contributed by atoms with Crippen LogP contribution in [0.15, 0.2) is 66.7 Å². The zero-order valence-corrected chi connectivity index (χ0v) is 16.7. The van der Waals surface area contributed by atoms with Crippen LogP contribution in [0.25, 0.3) is 11.6 Å². The van der Waals surface area contributed by atoms with Crippen LogP contribution in [0.3, 0.4) is 0 Å². The second-order valence-corrected chi connectivity index (χ2v) is 6.53. The second-order valence-electron chi connectivity index (χ2n) is 6.53. The second kappa shape index (κ2) is 10.0. The number of ether oxygens (including phenoxy) is 2. The van der Waals surface area contributed by atoms with Gasteiger partial charge >= 0.3 is 0 Å². The molecule has 0 aliphatic heterocycles. The molecule has 0 aromatic heterocycles. The van der Waals surface area contributed by atoms with Gasteiger partial charge in [0.25, 0.3) is 5.69 Å². The quantitative estimate of drug-likeness (QED) is 0.200. The van der Waals surface area contributed by atoms with E-state index in [1.54, 1.807) is 48.5 Å². The van der Waals surface area contributed by atoms with E-state index < -0.39 is 10.7 Å². The largest absolute Gasteiger partial charge is 0.490 e. The number of halogens is 1. The van der Waals surface area contributed by atoms with Gasteiger partial charge < -0.3 is 9.47 Å². The van der Waals surface area contributed by atoms with E-state index in [0.717, 1.165) is 5.56 Å². The van der Waals surface area contributed by atoms with E-state index >= 15 is 0 Å². The fraction of sp³-hybridized carbons (Fsp3) is 0.125. The van der Waals surface area contributed by atoms with Crippen molar-refractivity contribution in [2.24, 2.45) is 0 Å². The standard InChI is InChI=1S/C24H19FN2O4/c1-2-30-24-13-18(12-20(15-26)19-4-3-5-21(25)14-19)8-11-23(24)31-16-17-6-9-22(10-7-17)27(28)29/h3-14H,2,16H2,1H3/b20-12-.